The van der Waals surface area contributed by atoms with E-state index in [1.54, 1.807) is 76.2 Å². The third-order valence-corrected chi connectivity index (χ3v) is 6.23. The van der Waals surface area contributed by atoms with E-state index in [1.165, 1.54) is 0 Å². The molecule has 0 aromatic rings. The molecule has 0 amide bonds. The number of carbonyl (C=O) groups is 5. The SMILES string of the molecule is CC.CC.CC.CC.CC.CC(C)(C)C=O.CCC(C)(C)C(=O)OC1C[C@@H](OC(=O)C(C)(C)C)OC(COC(=O)C(C)(C)C)[C@H]1OC(=O)C(C)(C)C.CO. The van der Waals surface area contributed by atoms with Crippen LogP contribution in [-0.2, 0) is 47.7 Å². The summed E-state index contributed by atoms with van der Waals surface area (Å²) in [6.07, 6.45) is -2.77. The average Bonchev–Trinajstić information content (AvgIpc) is 3.12. The maximum absolute atomic E-state index is 13.0. The molecule has 1 saturated heterocycles. The smallest absolute Gasteiger partial charge is 0.313 e. The van der Waals surface area contributed by atoms with Gasteiger partial charge in [-0.25, -0.2) is 0 Å². The van der Waals surface area contributed by atoms with Crippen LogP contribution in [0.4, 0.5) is 0 Å². The second kappa shape index (κ2) is 33.8. The van der Waals surface area contributed by atoms with E-state index in [1.807, 2.05) is 96.9 Å². The van der Waals surface area contributed by atoms with Gasteiger partial charge >= 0.3 is 23.9 Å². The van der Waals surface area contributed by atoms with Crippen LogP contribution >= 0.6 is 0 Å². The lowest BCUT2D eigenvalue weighted by atomic mass is 9.90. The van der Waals surface area contributed by atoms with E-state index < -0.39 is 70.1 Å². The van der Waals surface area contributed by atoms with Crippen molar-refractivity contribution in [3.63, 3.8) is 0 Å². The molecule has 0 saturated carbocycles. The molecule has 2 unspecified atom stereocenters. The molecular formula is C43H90O11. The van der Waals surface area contributed by atoms with Crippen molar-refractivity contribution in [3.05, 3.63) is 0 Å². The Kier molecular flexibility index (Phi) is 41.5. The van der Waals surface area contributed by atoms with Gasteiger partial charge < -0.3 is 33.6 Å². The van der Waals surface area contributed by atoms with Gasteiger partial charge in [0.25, 0.3) is 0 Å². The zero-order valence-electron chi connectivity index (χ0n) is 40.0. The first-order chi connectivity index (χ1) is 24.7. The normalized spacial score (nSPS) is 17.5. The standard InChI is InChI=1S/C27H46O9.C5H10O.5C2H6.CH4O/c1-13-27(11,12)23(31)34-16-14-18(35-21(29)25(5,6)7)33-17(15-32-20(28)24(2,3)4)19(16)36-22(30)26(8,9)10;1-5(2,3)4-6;6*1-2/h16-19H,13-15H2,1-12H3;4H,1-3H3;5*1-2H3;2H,1H3/t16?,17?,18-,19+;;;;;;;/m1......./s1. The monoisotopic (exact) mass is 783 g/mol. The van der Waals surface area contributed by atoms with Gasteiger partial charge in [0.2, 0.25) is 6.29 Å². The van der Waals surface area contributed by atoms with Gasteiger partial charge in [0.15, 0.2) is 6.10 Å². The van der Waals surface area contributed by atoms with Crippen LogP contribution in [0, 0.1) is 27.1 Å². The lowest BCUT2D eigenvalue weighted by Gasteiger charge is -2.42. The van der Waals surface area contributed by atoms with Crippen molar-refractivity contribution in [1.82, 2.24) is 0 Å². The Morgan fingerprint density at radius 2 is 0.926 bits per heavy atom. The molecule has 1 aliphatic rings. The molecule has 1 aliphatic heterocycles. The fraction of sp³-hybridized carbons (Fsp3) is 0.884. The molecular weight excluding hydrogens is 692 g/mol. The van der Waals surface area contributed by atoms with Crippen LogP contribution in [0.15, 0.2) is 0 Å². The second-order valence-electron chi connectivity index (χ2n) is 15.6. The second-order valence-corrected chi connectivity index (χ2v) is 15.6. The zero-order valence-corrected chi connectivity index (χ0v) is 40.0. The van der Waals surface area contributed by atoms with Gasteiger partial charge in [-0.15, -0.1) is 0 Å². The summed E-state index contributed by atoms with van der Waals surface area (Å²) in [5.41, 5.74) is -3.35. The highest BCUT2D eigenvalue weighted by atomic mass is 16.7. The minimum Gasteiger partial charge on any atom is -0.462 e. The van der Waals surface area contributed by atoms with Crippen LogP contribution in [0.3, 0.4) is 0 Å². The summed E-state index contributed by atoms with van der Waals surface area (Å²) >= 11 is 0. The molecule has 0 bridgehead atoms. The first-order valence-corrected chi connectivity index (χ1v) is 20.0. The third-order valence-electron chi connectivity index (χ3n) is 6.23. The topological polar surface area (TPSA) is 152 Å². The van der Waals surface area contributed by atoms with E-state index in [4.69, 9.17) is 28.8 Å². The van der Waals surface area contributed by atoms with Gasteiger partial charge in [-0.1, -0.05) is 96.9 Å². The van der Waals surface area contributed by atoms with E-state index in [9.17, 15) is 24.0 Å². The molecule has 328 valence electrons. The molecule has 0 spiro atoms. The van der Waals surface area contributed by atoms with E-state index in [-0.39, 0.29) is 18.4 Å². The molecule has 1 N–H and O–H groups in total. The minimum atomic E-state index is -1.10. The zero-order chi connectivity index (χ0) is 45.5. The number of hydrogen-bond acceptors (Lipinski definition) is 11. The van der Waals surface area contributed by atoms with Crippen LogP contribution in [-0.4, -0.2) is 73.6 Å². The number of aliphatic hydroxyl groups is 1. The lowest BCUT2D eigenvalue weighted by Crippen LogP contribution is -2.56. The molecule has 11 nitrogen and oxygen atoms in total. The molecule has 1 rings (SSSR count). The summed E-state index contributed by atoms with van der Waals surface area (Å²) < 4.78 is 28.7. The average molecular weight is 783 g/mol. The fourth-order valence-corrected chi connectivity index (χ4v) is 2.78. The molecule has 0 aliphatic carbocycles. The largest absolute Gasteiger partial charge is 0.462 e. The van der Waals surface area contributed by atoms with Crippen molar-refractivity contribution in [2.75, 3.05) is 13.7 Å². The summed E-state index contributed by atoms with van der Waals surface area (Å²) in [5.74, 6) is -2.02. The van der Waals surface area contributed by atoms with Gasteiger partial charge in [-0.05, 0) is 82.6 Å². The van der Waals surface area contributed by atoms with E-state index in [0.717, 1.165) is 13.4 Å². The van der Waals surface area contributed by atoms with Crippen LogP contribution in [0.1, 0.15) is 186 Å². The van der Waals surface area contributed by atoms with Gasteiger partial charge in [0, 0.05) is 12.5 Å². The van der Waals surface area contributed by atoms with E-state index in [0.29, 0.717) is 6.42 Å². The summed E-state index contributed by atoms with van der Waals surface area (Å²) in [7, 11) is 1.00. The molecule has 4 atom stereocenters. The number of carbonyl (C=O) groups excluding carboxylic acids is 5. The Labute approximate surface area is 333 Å². The predicted molar refractivity (Wildman–Crippen MR) is 223 cm³/mol. The Balaban J connectivity index is -0.000000209. The molecule has 0 aromatic carbocycles. The van der Waals surface area contributed by atoms with Crippen LogP contribution < -0.4 is 0 Å². The Morgan fingerprint density at radius 1 is 0.593 bits per heavy atom. The van der Waals surface area contributed by atoms with E-state index in [2.05, 4.69) is 0 Å². The minimum absolute atomic E-state index is 0.0425. The van der Waals surface area contributed by atoms with Gasteiger partial charge in [0.05, 0.1) is 28.1 Å². The highest BCUT2D eigenvalue weighted by Gasteiger charge is 2.48. The number of aldehydes is 1. The molecule has 1 fully saturated rings. The Bertz CT molecular complexity index is 944. The lowest BCUT2D eigenvalue weighted by molar-refractivity contribution is -0.267. The number of ether oxygens (including phenoxy) is 5. The molecule has 54 heavy (non-hydrogen) atoms. The molecule has 1 heterocycles. The number of hydrogen-bond donors (Lipinski definition) is 1. The maximum atomic E-state index is 13.0. The van der Waals surface area contributed by atoms with Gasteiger partial charge in [-0.3, -0.25) is 19.2 Å². The summed E-state index contributed by atoms with van der Waals surface area (Å²) in [6, 6.07) is 0. The van der Waals surface area contributed by atoms with Crippen molar-refractivity contribution < 1.29 is 52.8 Å². The molecule has 0 radical (unpaired) electrons. The Hall–Kier alpha value is -2.53. The highest BCUT2D eigenvalue weighted by molar-refractivity contribution is 5.77. The third kappa shape index (κ3) is 31.8. The Morgan fingerprint density at radius 3 is 1.22 bits per heavy atom. The summed E-state index contributed by atoms with van der Waals surface area (Å²) in [5, 5.41) is 7.00. The van der Waals surface area contributed by atoms with Gasteiger partial charge in [0.1, 0.15) is 25.1 Å². The quantitative estimate of drug-likeness (QED) is 0.149. The molecule has 0 aromatic heterocycles. The number of esters is 4. The first kappa shape index (κ1) is 66.3. The first-order valence-electron chi connectivity index (χ1n) is 20.0. The van der Waals surface area contributed by atoms with Crippen molar-refractivity contribution >= 4 is 30.2 Å². The predicted octanol–water partition coefficient (Wildman–Crippen LogP) is 10.6. The maximum Gasteiger partial charge on any atom is 0.313 e. The summed E-state index contributed by atoms with van der Waals surface area (Å²) in [6.45, 7) is 46.0. The van der Waals surface area contributed by atoms with Crippen molar-refractivity contribution in [1.29, 1.82) is 0 Å². The van der Waals surface area contributed by atoms with Crippen molar-refractivity contribution in [3.8, 4) is 0 Å². The fourth-order valence-electron chi connectivity index (χ4n) is 2.78. The molecule has 11 heteroatoms. The highest BCUT2D eigenvalue weighted by Crippen LogP contribution is 2.33. The van der Waals surface area contributed by atoms with Crippen LogP contribution in [0.25, 0.3) is 0 Å². The van der Waals surface area contributed by atoms with Crippen LogP contribution in [0.2, 0.25) is 0 Å². The summed E-state index contributed by atoms with van der Waals surface area (Å²) in [4.78, 5) is 60.7. The van der Waals surface area contributed by atoms with E-state index >= 15 is 0 Å². The van der Waals surface area contributed by atoms with Crippen LogP contribution in [0.5, 0.6) is 0 Å². The van der Waals surface area contributed by atoms with Crippen molar-refractivity contribution in [2.45, 2.75) is 211 Å². The number of rotatable bonds is 7. The van der Waals surface area contributed by atoms with Gasteiger partial charge in [-0.2, -0.15) is 0 Å². The number of aliphatic hydroxyl groups excluding tert-OH is 1. The van der Waals surface area contributed by atoms with Crippen molar-refractivity contribution in [2.24, 2.45) is 27.1 Å².